The Morgan fingerprint density at radius 2 is 1.90 bits per heavy atom. The smallest absolute Gasteiger partial charge is 0.231 e. The predicted molar refractivity (Wildman–Crippen MR) is 81.4 cm³/mol. The standard InChI is InChI=1S/C15H18N4O2/c1-3-11-14(16-4-2)17-8-18-15(11)19-10-5-6-12-13(7-10)21-9-20-12/h5-8H,3-4,9H2,1-2H3,(H2,16,17,18,19). The van der Waals surface area contributed by atoms with Crippen molar-refractivity contribution in [3.8, 4) is 11.5 Å². The number of aromatic nitrogens is 2. The molecule has 6 heteroatoms. The van der Waals surface area contributed by atoms with Crippen LogP contribution >= 0.6 is 0 Å². The molecule has 0 radical (unpaired) electrons. The molecule has 0 fully saturated rings. The van der Waals surface area contributed by atoms with Gasteiger partial charge in [-0.3, -0.25) is 0 Å². The summed E-state index contributed by atoms with van der Waals surface area (Å²) in [4.78, 5) is 8.64. The number of benzene rings is 1. The molecular formula is C15H18N4O2. The molecule has 0 spiro atoms. The minimum absolute atomic E-state index is 0.275. The van der Waals surface area contributed by atoms with E-state index in [0.717, 1.165) is 47.4 Å². The average Bonchev–Trinajstić information content (AvgIpc) is 2.95. The van der Waals surface area contributed by atoms with Crippen LogP contribution in [0.2, 0.25) is 0 Å². The summed E-state index contributed by atoms with van der Waals surface area (Å²) in [5.74, 6) is 3.20. The van der Waals surface area contributed by atoms with Crippen LogP contribution in [0.1, 0.15) is 19.4 Å². The van der Waals surface area contributed by atoms with Crippen molar-refractivity contribution in [2.75, 3.05) is 24.0 Å². The van der Waals surface area contributed by atoms with Crippen molar-refractivity contribution < 1.29 is 9.47 Å². The second-order valence-electron chi connectivity index (χ2n) is 4.63. The lowest BCUT2D eigenvalue weighted by atomic mass is 10.2. The maximum absolute atomic E-state index is 5.39. The van der Waals surface area contributed by atoms with Crippen LogP contribution in [0.4, 0.5) is 17.3 Å². The minimum Gasteiger partial charge on any atom is -0.454 e. The van der Waals surface area contributed by atoms with Crippen molar-refractivity contribution in [2.24, 2.45) is 0 Å². The Morgan fingerprint density at radius 3 is 2.71 bits per heavy atom. The summed E-state index contributed by atoms with van der Waals surface area (Å²) in [5, 5.41) is 6.58. The molecule has 0 bridgehead atoms. The Kier molecular flexibility index (Phi) is 3.77. The molecule has 2 N–H and O–H groups in total. The van der Waals surface area contributed by atoms with E-state index < -0.39 is 0 Å². The lowest BCUT2D eigenvalue weighted by molar-refractivity contribution is 0.174. The van der Waals surface area contributed by atoms with Gasteiger partial charge in [0.25, 0.3) is 0 Å². The molecule has 2 heterocycles. The Labute approximate surface area is 123 Å². The van der Waals surface area contributed by atoms with Gasteiger partial charge in [-0.2, -0.15) is 0 Å². The molecular weight excluding hydrogens is 268 g/mol. The van der Waals surface area contributed by atoms with Crippen LogP contribution in [0.3, 0.4) is 0 Å². The Hall–Kier alpha value is -2.50. The fourth-order valence-corrected chi connectivity index (χ4v) is 2.29. The quantitative estimate of drug-likeness (QED) is 0.880. The molecule has 1 aromatic heterocycles. The predicted octanol–water partition coefficient (Wildman–Crippen LogP) is 2.94. The molecule has 6 nitrogen and oxygen atoms in total. The van der Waals surface area contributed by atoms with Crippen molar-refractivity contribution in [1.29, 1.82) is 0 Å². The fraction of sp³-hybridized carbons (Fsp3) is 0.333. The fourth-order valence-electron chi connectivity index (χ4n) is 2.29. The van der Waals surface area contributed by atoms with Gasteiger partial charge in [0, 0.05) is 23.9 Å². The zero-order valence-electron chi connectivity index (χ0n) is 12.1. The second-order valence-corrected chi connectivity index (χ2v) is 4.63. The zero-order chi connectivity index (χ0) is 14.7. The van der Waals surface area contributed by atoms with Gasteiger partial charge in [-0.1, -0.05) is 6.92 Å². The van der Waals surface area contributed by atoms with Crippen molar-refractivity contribution in [2.45, 2.75) is 20.3 Å². The van der Waals surface area contributed by atoms with E-state index in [0.29, 0.717) is 0 Å². The molecule has 3 rings (SSSR count). The van der Waals surface area contributed by atoms with Gasteiger partial charge in [0.1, 0.15) is 18.0 Å². The van der Waals surface area contributed by atoms with Gasteiger partial charge in [0.05, 0.1) is 0 Å². The largest absolute Gasteiger partial charge is 0.454 e. The highest BCUT2D eigenvalue weighted by atomic mass is 16.7. The third kappa shape index (κ3) is 2.69. The van der Waals surface area contributed by atoms with E-state index in [1.54, 1.807) is 6.33 Å². The molecule has 0 aliphatic carbocycles. The van der Waals surface area contributed by atoms with Crippen LogP contribution < -0.4 is 20.1 Å². The van der Waals surface area contributed by atoms with Crippen molar-refractivity contribution in [3.05, 3.63) is 30.1 Å². The van der Waals surface area contributed by atoms with E-state index >= 15 is 0 Å². The van der Waals surface area contributed by atoms with Crippen molar-refractivity contribution in [1.82, 2.24) is 9.97 Å². The minimum atomic E-state index is 0.275. The summed E-state index contributed by atoms with van der Waals surface area (Å²) in [6.07, 6.45) is 2.41. The van der Waals surface area contributed by atoms with E-state index in [1.165, 1.54) is 0 Å². The van der Waals surface area contributed by atoms with Crippen LogP contribution in [0, 0.1) is 0 Å². The number of nitrogens with one attached hydrogen (secondary N) is 2. The first-order chi connectivity index (χ1) is 10.3. The van der Waals surface area contributed by atoms with Crippen LogP contribution in [-0.4, -0.2) is 23.3 Å². The molecule has 2 aromatic rings. The summed E-state index contributed by atoms with van der Waals surface area (Å²) in [6, 6.07) is 5.75. The summed E-state index contributed by atoms with van der Waals surface area (Å²) in [6.45, 7) is 5.24. The topological polar surface area (TPSA) is 68.3 Å². The highest BCUT2D eigenvalue weighted by Crippen LogP contribution is 2.35. The van der Waals surface area contributed by atoms with Gasteiger partial charge in [-0.25, -0.2) is 9.97 Å². The van der Waals surface area contributed by atoms with E-state index in [-0.39, 0.29) is 6.79 Å². The Morgan fingerprint density at radius 1 is 1.10 bits per heavy atom. The van der Waals surface area contributed by atoms with E-state index in [4.69, 9.17) is 9.47 Å². The van der Waals surface area contributed by atoms with Gasteiger partial charge in [0.15, 0.2) is 11.5 Å². The molecule has 0 atom stereocenters. The van der Waals surface area contributed by atoms with Crippen molar-refractivity contribution >= 4 is 17.3 Å². The first-order valence-corrected chi connectivity index (χ1v) is 7.06. The van der Waals surface area contributed by atoms with Gasteiger partial charge >= 0.3 is 0 Å². The highest BCUT2D eigenvalue weighted by Gasteiger charge is 2.15. The summed E-state index contributed by atoms with van der Waals surface area (Å²) in [7, 11) is 0. The highest BCUT2D eigenvalue weighted by molar-refractivity contribution is 5.67. The van der Waals surface area contributed by atoms with Gasteiger partial charge in [-0.05, 0) is 25.5 Å². The van der Waals surface area contributed by atoms with Crippen LogP contribution in [0.5, 0.6) is 11.5 Å². The lowest BCUT2D eigenvalue weighted by Gasteiger charge is -2.14. The molecule has 1 aromatic carbocycles. The Balaban J connectivity index is 1.89. The maximum Gasteiger partial charge on any atom is 0.231 e. The molecule has 0 amide bonds. The maximum atomic E-state index is 5.39. The molecule has 0 saturated heterocycles. The summed E-state index contributed by atoms with van der Waals surface area (Å²) >= 11 is 0. The van der Waals surface area contributed by atoms with E-state index in [2.05, 4.69) is 27.5 Å². The molecule has 110 valence electrons. The van der Waals surface area contributed by atoms with E-state index in [1.807, 2.05) is 25.1 Å². The number of anilines is 3. The first-order valence-electron chi connectivity index (χ1n) is 7.06. The number of fused-ring (bicyclic) bond motifs is 1. The first kappa shape index (κ1) is 13.5. The molecule has 21 heavy (non-hydrogen) atoms. The molecule has 0 unspecified atom stereocenters. The van der Waals surface area contributed by atoms with Gasteiger partial charge < -0.3 is 20.1 Å². The lowest BCUT2D eigenvalue weighted by Crippen LogP contribution is -2.07. The number of nitrogens with zero attached hydrogens (tertiary/aromatic N) is 2. The summed E-state index contributed by atoms with van der Waals surface area (Å²) < 4.78 is 10.7. The van der Waals surface area contributed by atoms with Gasteiger partial charge in [0.2, 0.25) is 6.79 Å². The number of rotatable bonds is 5. The molecule has 0 saturated carbocycles. The molecule has 1 aliphatic rings. The third-order valence-corrected chi connectivity index (χ3v) is 3.28. The Bertz CT molecular complexity index is 646. The second kappa shape index (κ2) is 5.87. The zero-order valence-corrected chi connectivity index (χ0v) is 12.1. The molecule has 1 aliphatic heterocycles. The third-order valence-electron chi connectivity index (χ3n) is 3.28. The van der Waals surface area contributed by atoms with Crippen LogP contribution in [0.25, 0.3) is 0 Å². The normalized spacial score (nSPS) is 12.3. The number of hydrogen-bond donors (Lipinski definition) is 2. The van der Waals surface area contributed by atoms with Crippen LogP contribution in [-0.2, 0) is 6.42 Å². The monoisotopic (exact) mass is 286 g/mol. The van der Waals surface area contributed by atoms with Crippen molar-refractivity contribution in [3.63, 3.8) is 0 Å². The van der Waals surface area contributed by atoms with E-state index in [9.17, 15) is 0 Å². The summed E-state index contributed by atoms with van der Waals surface area (Å²) in [5.41, 5.74) is 1.98. The number of ether oxygens (including phenoxy) is 2. The van der Waals surface area contributed by atoms with Crippen LogP contribution in [0.15, 0.2) is 24.5 Å². The SMILES string of the molecule is CCNc1ncnc(Nc2ccc3c(c2)OCO3)c1CC. The number of hydrogen-bond acceptors (Lipinski definition) is 6. The average molecular weight is 286 g/mol. The van der Waals surface area contributed by atoms with Gasteiger partial charge in [-0.15, -0.1) is 0 Å².